The highest BCUT2D eigenvalue weighted by Crippen LogP contribution is 2.15. The number of rotatable bonds is 10. The number of nitrogens with one attached hydrogen (secondary N) is 2. The summed E-state index contributed by atoms with van der Waals surface area (Å²) in [6.07, 6.45) is 4.43. The van der Waals surface area contributed by atoms with Crippen molar-refractivity contribution in [2.75, 3.05) is 13.1 Å². The summed E-state index contributed by atoms with van der Waals surface area (Å²) in [7, 11) is 1.97. The van der Waals surface area contributed by atoms with E-state index in [4.69, 9.17) is 0 Å². The lowest BCUT2D eigenvalue weighted by atomic mass is 10.0. The molecule has 0 bridgehead atoms. The van der Waals surface area contributed by atoms with Crippen LogP contribution < -0.4 is 10.6 Å². The molecule has 1 aromatic carbocycles. The van der Waals surface area contributed by atoms with Gasteiger partial charge in [0.2, 0.25) is 0 Å². The lowest BCUT2D eigenvalue weighted by molar-refractivity contribution is 0.700. The fourth-order valence-electron chi connectivity index (χ4n) is 2.86. The minimum absolute atomic E-state index is 0.523. The van der Waals surface area contributed by atoms with Crippen LogP contribution in [0.2, 0.25) is 0 Å². The minimum atomic E-state index is 0.523. The third-order valence-corrected chi connectivity index (χ3v) is 4.97. The van der Waals surface area contributed by atoms with Crippen LogP contribution in [0.15, 0.2) is 29.3 Å². The maximum Gasteiger partial charge on any atom is 0.191 e. The summed E-state index contributed by atoms with van der Waals surface area (Å²) in [6.45, 7) is 10.9. The van der Waals surface area contributed by atoms with Gasteiger partial charge < -0.3 is 15.2 Å². The molecule has 1 heterocycles. The first kappa shape index (κ1) is 21.9. The molecule has 1 aromatic heterocycles. The molecule has 6 heteroatoms. The van der Waals surface area contributed by atoms with Crippen molar-refractivity contribution in [2.24, 2.45) is 12.0 Å². The number of guanidine groups is 1. The summed E-state index contributed by atoms with van der Waals surface area (Å²) in [6, 6.07) is 8.99. The summed E-state index contributed by atoms with van der Waals surface area (Å²) in [5.41, 5.74) is 2.79. The topological polar surface area (TPSA) is 67.1 Å². The smallest absolute Gasteiger partial charge is 0.191 e. The number of hydrogen-bond donors (Lipinski definition) is 2. The van der Waals surface area contributed by atoms with Crippen molar-refractivity contribution in [3.63, 3.8) is 0 Å². The van der Waals surface area contributed by atoms with Crippen molar-refractivity contribution >= 4 is 5.96 Å². The second-order valence-electron chi connectivity index (χ2n) is 7.59. The highest BCUT2D eigenvalue weighted by atomic mass is 15.3. The van der Waals surface area contributed by atoms with E-state index >= 15 is 0 Å². The van der Waals surface area contributed by atoms with Crippen LogP contribution in [-0.4, -0.2) is 33.8 Å². The van der Waals surface area contributed by atoms with Crippen LogP contribution in [0, 0.1) is 6.92 Å². The maximum absolute atomic E-state index is 4.69. The Hall–Kier alpha value is -2.37. The van der Waals surface area contributed by atoms with Gasteiger partial charge in [-0.2, -0.15) is 0 Å². The minimum Gasteiger partial charge on any atom is -0.356 e. The number of hydrogen-bond acceptors (Lipinski definition) is 3. The summed E-state index contributed by atoms with van der Waals surface area (Å²) in [5, 5.41) is 15.2. The van der Waals surface area contributed by atoms with Gasteiger partial charge in [0.1, 0.15) is 12.4 Å². The Labute approximate surface area is 169 Å². The van der Waals surface area contributed by atoms with Crippen LogP contribution in [0.25, 0.3) is 0 Å². The first-order chi connectivity index (χ1) is 13.5. The van der Waals surface area contributed by atoms with E-state index in [2.05, 4.69) is 70.9 Å². The molecule has 6 nitrogen and oxygen atoms in total. The monoisotopic (exact) mass is 384 g/mol. The fourth-order valence-corrected chi connectivity index (χ4v) is 2.86. The van der Waals surface area contributed by atoms with E-state index in [1.807, 2.05) is 18.5 Å². The average molecular weight is 385 g/mol. The fraction of sp³-hybridized carbons (Fsp3) is 0.591. The number of benzene rings is 1. The van der Waals surface area contributed by atoms with Gasteiger partial charge in [0, 0.05) is 20.1 Å². The summed E-state index contributed by atoms with van der Waals surface area (Å²) in [5.74, 6) is 3.21. The van der Waals surface area contributed by atoms with Gasteiger partial charge in [-0.15, -0.1) is 10.2 Å². The van der Waals surface area contributed by atoms with E-state index in [-0.39, 0.29) is 0 Å². The zero-order valence-corrected chi connectivity index (χ0v) is 18.1. The molecule has 2 N–H and O–H groups in total. The predicted molar refractivity (Wildman–Crippen MR) is 117 cm³/mol. The lowest BCUT2D eigenvalue weighted by Crippen LogP contribution is -2.38. The Bertz CT molecular complexity index is 730. The van der Waals surface area contributed by atoms with Crippen LogP contribution in [0.1, 0.15) is 68.7 Å². The highest BCUT2D eigenvalue weighted by Gasteiger charge is 2.05. The van der Waals surface area contributed by atoms with Crippen LogP contribution in [0.5, 0.6) is 0 Å². The molecule has 2 rings (SSSR count). The second-order valence-corrected chi connectivity index (χ2v) is 7.59. The van der Waals surface area contributed by atoms with Gasteiger partial charge in [-0.05, 0) is 43.2 Å². The molecule has 2 aromatic rings. The quantitative estimate of drug-likeness (QED) is 0.372. The van der Waals surface area contributed by atoms with Crippen molar-refractivity contribution in [1.82, 2.24) is 25.4 Å². The van der Waals surface area contributed by atoms with Crippen molar-refractivity contribution < 1.29 is 0 Å². The first-order valence-corrected chi connectivity index (χ1v) is 10.5. The molecule has 0 aliphatic heterocycles. The van der Waals surface area contributed by atoms with Crippen molar-refractivity contribution in [2.45, 2.75) is 65.8 Å². The Morgan fingerprint density at radius 3 is 2.32 bits per heavy atom. The summed E-state index contributed by atoms with van der Waals surface area (Å²) < 4.78 is 1.98. The molecular weight excluding hydrogens is 348 g/mol. The van der Waals surface area contributed by atoms with E-state index < -0.39 is 0 Å². The molecular formula is C22H36N6. The summed E-state index contributed by atoms with van der Waals surface area (Å²) in [4.78, 5) is 4.69. The van der Waals surface area contributed by atoms with E-state index in [0.717, 1.165) is 56.4 Å². The zero-order chi connectivity index (χ0) is 20.4. The normalized spacial score (nSPS) is 11.9. The number of unbranched alkanes of at least 4 members (excludes halogenated alkanes) is 1. The number of nitrogens with zero attached hydrogens (tertiary/aromatic N) is 4. The standard InChI is InChI=1S/C22H36N6/c1-6-7-14-23-22(25-16-21-27-26-18(4)28(21)5)24-15-8-9-19-10-12-20(13-11-19)17(2)3/h10-13,17H,6-9,14-16H2,1-5H3,(H2,23,24,25). The zero-order valence-electron chi connectivity index (χ0n) is 18.1. The molecule has 0 spiro atoms. The molecule has 0 atom stereocenters. The molecule has 0 radical (unpaired) electrons. The molecule has 0 aliphatic carbocycles. The van der Waals surface area contributed by atoms with Gasteiger partial charge in [0.15, 0.2) is 11.8 Å². The number of aliphatic imine (C=N–C) groups is 1. The molecule has 154 valence electrons. The maximum atomic E-state index is 4.69. The Morgan fingerprint density at radius 2 is 1.75 bits per heavy atom. The molecule has 0 aliphatic rings. The lowest BCUT2D eigenvalue weighted by Gasteiger charge is -2.12. The van der Waals surface area contributed by atoms with E-state index in [1.165, 1.54) is 11.1 Å². The predicted octanol–water partition coefficient (Wildman–Crippen LogP) is 3.72. The van der Waals surface area contributed by atoms with Crippen LogP contribution >= 0.6 is 0 Å². The van der Waals surface area contributed by atoms with Gasteiger partial charge in [-0.1, -0.05) is 51.5 Å². The molecule has 0 fully saturated rings. The molecule has 0 amide bonds. The molecule has 0 saturated carbocycles. The van der Waals surface area contributed by atoms with E-state index in [1.54, 1.807) is 0 Å². The van der Waals surface area contributed by atoms with Crippen LogP contribution in [0.3, 0.4) is 0 Å². The van der Waals surface area contributed by atoms with Crippen molar-refractivity contribution in [3.05, 3.63) is 47.0 Å². The Morgan fingerprint density at radius 1 is 1.07 bits per heavy atom. The summed E-state index contributed by atoms with van der Waals surface area (Å²) >= 11 is 0. The third-order valence-electron chi connectivity index (χ3n) is 4.97. The van der Waals surface area contributed by atoms with Crippen molar-refractivity contribution in [3.8, 4) is 0 Å². The Kier molecular flexibility index (Phi) is 8.98. The van der Waals surface area contributed by atoms with Crippen molar-refractivity contribution in [1.29, 1.82) is 0 Å². The largest absolute Gasteiger partial charge is 0.356 e. The first-order valence-electron chi connectivity index (χ1n) is 10.5. The second kappa shape index (κ2) is 11.5. The SMILES string of the molecule is CCCCNC(=NCc1nnc(C)n1C)NCCCc1ccc(C(C)C)cc1. The van der Waals surface area contributed by atoms with Crippen LogP contribution in [-0.2, 0) is 20.0 Å². The number of aryl methyl sites for hydroxylation is 2. The molecule has 28 heavy (non-hydrogen) atoms. The molecule has 0 saturated heterocycles. The third kappa shape index (κ3) is 6.98. The van der Waals surface area contributed by atoms with Gasteiger partial charge in [0.05, 0.1) is 0 Å². The highest BCUT2D eigenvalue weighted by molar-refractivity contribution is 5.79. The van der Waals surface area contributed by atoms with Gasteiger partial charge in [-0.25, -0.2) is 4.99 Å². The van der Waals surface area contributed by atoms with E-state index in [9.17, 15) is 0 Å². The van der Waals surface area contributed by atoms with Gasteiger partial charge >= 0.3 is 0 Å². The van der Waals surface area contributed by atoms with Gasteiger partial charge in [-0.3, -0.25) is 0 Å². The average Bonchev–Trinajstić information content (AvgIpc) is 3.01. The Balaban J connectivity index is 1.83. The molecule has 0 unspecified atom stereocenters. The van der Waals surface area contributed by atoms with Crippen LogP contribution in [0.4, 0.5) is 0 Å². The van der Waals surface area contributed by atoms with E-state index in [0.29, 0.717) is 12.5 Å². The van der Waals surface area contributed by atoms with Gasteiger partial charge in [0.25, 0.3) is 0 Å². The number of aromatic nitrogens is 3.